The van der Waals surface area contributed by atoms with E-state index in [0.717, 1.165) is 4.70 Å². The van der Waals surface area contributed by atoms with E-state index in [1.807, 2.05) is 18.2 Å². The van der Waals surface area contributed by atoms with Gasteiger partial charge >= 0.3 is 0 Å². The zero-order chi connectivity index (χ0) is 16.9. The van der Waals surface area contributed by atoms with Crippen LogP contribution in [0.2, 0.25) is 5.02 Å². The van der Waals surface area contributed by atoms with E-state index in [-0.39, 0.29) is 12.5 Å². The molecule has 0 saturated heterocycles. The van der Waals surface area contributed by atoms with Crippen LogP contribution in [-0.2, 0) is 4.79 Å². The number of methoxy groups -OCH3 is 1. The number of amides is 1. The van der Waals surface area contributed by atoms with Gasteiger partial charge in [0.15, 0.2) is 6.61 Å². The van der Waals surface area contributed by atoms with Crippen LogP contribution >= 0.6 is 22.9 Å². The number of hydrogen-bond donors (Lipinski definition) is 2. The third-order valence-electron chi connectivity index (χ3n) is 3.10. The number of anilines is 1. The second-order valence-electron chi connectivity index (χ2n) is 4.72. The molecule has 3 rings (SSSR count). The molecule has 0 unspecified atom stereocenters. The fourth-order valence-electron chi connectivity index (χ4n) is 2.00. The van der Waals surface area contributed by atoms with E-state index in [1.165, 1.54) is 11.3 Å². The Bertz CT molecular complexity index is 854. The molecule has 2 N–H and O–H groups in total. The van der Waals surface area contributed by atoms with E-state index < -0.39 is 0 Å². The van der Waals surface area contributed by atoms with Gasteiger partial charge in [-0.25, -0.2) is 4.98 Å². The Hall–Kier alpha value is -2.51. The van der Waals surface area contributed by atoms with Crippen molar-refractivity contribution in [2.45, 2.75) is 0 Å². The van der Waals surface area contributed by atoms with Crippen molar-refractivity contribution in [3.63, 3.8) is 0 Å². The molecule has 0 saturated carbocycles. The van der Waals surface area contributed by atoms with Crippen molar-refractivity contribution >= 4 is 44.2 Å². The first-order chi connectivity index (χ1) is 11.7. The van der Waals surface area contributed by atoms with E-state index in [0.29, 0.717) is 27.2 Å². The first-order valence-electron chi connectivity index (χ1n) is 7.03. The Morgan fingerprint density at radius 1 is 1.25 bits per heavy atom. The number of hydrazine groups is 1. The highest BCUT2D eigenvalue weighted by Gasteiger charge is 2.12. The average Bonchev–Trinajstić information content (AvgIpc) is 3.05. The molecule has 0 atom stereocenters. The zero-order valence-corrected chi connectivity index (χ0v) is 14.3. The quantitative estimate of drug-likeness (QED) is 0.656. The van der Waals surface area contributed by atoms with Crippen LogP contribution in [0.5, 0.6) is 11.5 Å². The Balaban J connectivity index is 1.61. The van der Waals surface area contributed by atoms with Gasteiger partial charge in [0.25, 0.3) is 5.91 Å². The number of nitrogens with one attached hydrogen (secondary N) is 2. The molecule has 0 aliphatic rings. The first-order valence-corrected chi connectivity index (χ1v) is 8.22. The maximum absolute atomic E-state index is 11.8. The van der Waals surface area contributed by atoms with Gasteiger partial charge in [0.2, 0.25) is 5.13 Å². The lowest BCUT2D eigenvalue weighted by Gasteiger charge is -2.07. The lowest BCUT2D eigenvalue weighted by atomic mass is 10.3. The Morgan fingerprint density at radius 2 is 2.04 bits per heavy atom. The van der Waals surface area contributed by atoms with Crippen molar-refractivity contribution in [2.24, 2.45) is 0 Å². The van der Waals surface area contributed by atoms with Gasteiger partial charge in [-0.3, -0.25) is 15.6 Å². The normalized spacial score (nSPS) is 10.4. The van der Waals surface area contributed by atoms with Crippen LogP contribution in [0.4, 0.5) is 5.13 Å². The Labute approximate surface area is 147 Å². The fourth-order valence-corrected chi connectivity index (χ4v) is 3.10. The van der Waals surface area contributed by atoms with Gasteiger partial charge in [0.05, 0.1) is 16.8 Å². The molecule has 1 aromatic heterocycles. The Kier molecular flexibility index (Phi) is 5.02. The summed E-state index contributed by atoms with van der Waals surface area (Å²) in [6, 6.07) is 12.6. The van der Waals surface area contributed by atoms with E-state index in [1.54, 1.807) is 31.4 Å². The first kappa shape index (κ1) is 16.4. The minimum absolute atomic E-state index is 0.105. The molecule has 0 aliphatic heterocycles. The number of aromatic nitrogens is 1. The minimum Gasteiger partial charge on any atom is -0.494 e. The second kappa shape index (κ2) is 7.37. The summed E-state index contributed by atoms with van der Waals surface area (Å²) in [5.41, 5.74) is 5.95. The molecule has 0 bridgehead atoms. The smallest absolute Gasteiger partial charge is 0.276 e. The summed E-state index contributed by atoms with van der Waals surface area (Å²) in [6.07, 6.45) is 0. The molecule has 6 nitrogen and oxygen atoms in total. The molecule has 0 radical (unpaired) electrons. The van der Waals surface area contributed by atoms with Crippen LogP contribution in [-0.4, -0.2) is 24.6 Å². The number of carbonyl (C=O) groups excluding carboxylic acids is 1. The number of fused-ring (bicyclic) bond motifs is 1. The van der Waals surface area contributed by atoms with E-state index >= 15 is 0 Å². The van der Waals surface area contributed by atoms with Crippen molar-refractivity contribution in [3.8, 4) is 11.5 Å². The molecular weight excluding hydrogens is 350 g/mol. The standard InChI is InChI=1S/C16H14ClN3O3S/c1-22-12-8-7-11(17)15-14(12)18-16(24-15)20-19-13(21)9-23-10-5-3-2-4-6-10/h2-8H,9H2,1H3,(H,18,20)(H,19,21). The highest BCUT2D eigenvalue weighted by atomic mass is 35.5. The van der Waals surface area contributed by atoms with Crippen molar-refractivity contribution in [3.05, 3.63) is 47.5 Å². The van der Waals surface area contributed by atoms with Crippen molar-refractivity contribution < 1.29 is 14.3 Å². The lowest BCUT2D eigenvalue weighted by molar-refractivity contribution is -0.122. The highest BCUT2D eigenvalue weighted by Crippen LogP contribution is 2.36. The van der Waals surface area contributed by atoms with E-state index in [2.05, 4.69) is 15.8 Å². The predicted molar refractivity (Wildman–Crippen MR) is 94.9 cm³/mol. The topological polar surface area (TPSA) is 72.5 Å². The average molecular weight is 364 g/mol. The lowest BCUT2D eigenvalue weighted by Crippen LogP contribution is -2.33. The fraction of sp³-hybridized carbons (Fsp3) is 0.125. The van der Waals surface area contributed by atoms with E-state index in [9.17, 15) is 4.79 Å². The highest BCUT2D eigenvalue weighted by molar-refractivity contribution is 7.22. The van der Waals surface area contributed by atoms with Gasteiger partial charge in [0, 0.05) is 0 Å². The van der Waals surface area contributed by atoms with Crippen molar-refractivity contribution in [1.82, 2.24) is 10.4 Å². The SMILES string of the molecule is COc1ccc(Cl)c2sc(NNC(=O)COc3ccccc3)nc12. The second-order valence-corrected chi connectivity index (χ2v) is 6.13. The number of halogens is 1. The molecule has 1 heterocycles. The number of carbonyl (C=O) groups is 1. The molecule has 124 valence electrons. The van der Waals surface area contributed by atoms with Gasteiger partial charge in [-0.05, 0) is 24.3 Å². The third-order valence-corrected chi connectivity index (χ3v) is 4.53. The number of para-hydroxylation sites is 1. The third kappa shape index (κ3) is 3.69. The van der Waals surface area contributed by atoms with Crippen LogP contribution in [0.3, 0.4) is 0 Å². The summed E-state index contributed by atoms with van der Waals surface area (Å²) < 4.78 is 11.4. The molecule has 2 aromatic carbocycles. The zero-order valence-electron chi connectivity index (χ0n) is 12.7. The summed E-state index contributed by atoms with van der Waals surface area (Å²) >= 11 is 7.48. The number of rotatable bonds is 6. The molecule has 3 aromatic rings. The molecule has 8 heteroatoms. The summed E-state index contributed by atoms with van der Waals surface area (Å²) in [5.74, 6) is 0.928. The molecular formula is C16H14ClN3O3S. The summed E-state index contributed by atoms with van der Waals surface area (Å²) in [7, 11) is 1.57. The van der Waals surface area contributed by atoms with E-state index in [4.69, 9.17) is 21.1 Å². The van der Waals surface area contributed by atoms with Crippen molar-refractivity contribution in [1.29, 1.82) is 0 Å². The largest absolute Gasteiger partial charge is 0.494 e. The minimum atomic E-state index is -0.323. The number of nitrogens with zero attached hydrogens (tertiary/aromatic N) is 1. The summed E-state index contributed by atoms with van der Waals surface area (Å²) in [6.45, 7) is -0.105. The number of benzene rings is 2. The number of ether oxygens (including phenoxy) is 2. The molecule has 1 amide bonds. The molecule has 0 fully saturated rings. The van der Waals surface area contributed by atoms with Gasteiger partial charge in [-0.2, -0.15) is 0 Å². The number of hydrogen-bond acceptors (Lipinski definition) is 6. The van der Waals surface area contributed by atoms with Gasteiger partial charge < -0.3 is 9.47 Å². The van der Waals surface area contributed by atoms with Gasteiger partial charge in [-0.15, -0.1) is 0 Å². The van der Waals surface area contributed by atoms with Crippen molar-refractivity contribution in [2.75, 3.05) is 19.1 Å². The van der Waals surface area contributed by atoms with Crippen LogP contribution < -0.4 is 20.3 Å². The van der Waals surface area contributed by atoms with Crippen LogP contribution in [0.25, 0.3) is 10.2 Å². The summed E-state index contributed by atoms with van der Waals surface area (Å²) in [5, 5.41) is 1.08. The molecule has 24 heavy (non-hydrogen) atoms. The van der Waals surface area contributed by atoms with Crippen LogP contribution in [0.15, 0.2) is 42.5 Å². The van der Waals surface area contributed by atoms with Crippen LogP contribution in [0.1, 0.15) is 0 Å². The molecule has 0 aliphatic carbocycles. The maximum Gasteiger partial charge on any atom is 0.276 e. The van der Waals surface area contributed by atoms with Crippen LogP contribution in [0, 0.1) is 0 Å². The number of thiazole rings is 1. The maximum atomic E-state index is 11.8. The monoisotopic (exact) mass is 363 g/mol. The summed E-state index contributed by atoms with van der Waals surface area (Å²) in [4.78, 5) is 16.2. The predicted octanol–water partition coefficient (Wildman–Crippen LogP) is 3.48. The molecule has 0 spiro atoms. The Morgan fingerprint density at radius 3 is 2.79 bits per heavy atom. The van der Waals surface area contributed by atoms with Gasteiger partial charge in [-0.1, -0.05) is 41.1 Å². The van der Waals surface area contributed by atoms with Gasteiger partial charge in [0.1, 0.15) is 17.0 Å².